The standard InChI is InChI=1S/C13H14FN3S/c1-8-4-3-5-10(6-8)18-7-11-16-9(2)12(14)13(15)17-11/h3-6H,7H2,1-2H3,(H2,15,16,17). The first-order valence-electron chi connectivity index (χ1n) is 5.54. The fraction of sp³-hybridized carbons (Fsp3) is 0.231. The van der Waals surface area contributed by atoms with Crippen LogP contribution in [-0.2, 0) is 5.75 Å². The van der Waals surface area contributed by atoms with E-state index in [-0.39, 0.29) is 5.82 Å². The van der Waals surface area contributed by atoms with Gasteiger partial charge in [0, 0.05) is 4.90 Å². The Balaban J connectivity index is 2.11. The van der Waals surface area contributed by atoms with Crippen LogP contribution in [0.25, 0.3) is 0 Å². The zero-order valence-corrected chi connectivity index (χ0v) is 11.1. The number of nitrogens with two attached hydrogens (primary N) is 1. The Morgan fingerprint density at radius 1 is 1.28 bits per heavy atom. The summed E-state index contributed by atoms with van der Waals surface area (Å²) in [4.78, 5) is 9.16. The van der Waals surface area contributed by atoms with Crippen LogP contribution in [0.1, 0.15) is 17.1 Å². The van der Waals surface area contributed by atoms with Crippen LogP contribution in [0.4, 0.5) is 10.2 Å². The van der Waals surface area contributed by atoms with Gasteiger partial charge >= 0.3 is 0 Å². The van der Waals surface area contributed by atoms with E-state index in [1.54, 1.807) is 18.7 Å². The number of hydrogen-bond donors (Lipinski definition) is 1. The molecule has 1 heterocycles. The van der Waals surface area contributed by atoms with Gasteiger partial charge < -0.3 is 5.73 Å². The molecule has 3 nitrogen and oxygen atoms in total. The monoisotopic (exact) mass is 263 g/mol. The molecule has 0 saturated heterocycles. The molecule has 0 radical (unpaired) electrons. The molecule has 2 N–H and O–H groups in total. The third-order valence-electron chi connectivity index (χ3n) is 2.45. The summed E-state index contributed by atoms with van der Waals surface area (Å²) in [5, 5.41) is 0. The maximum Gasteiger partial charge on any atom is 0.186 e. The lowest BCUT2D eigenvalue weighted by Crippen LogP contribution is -2.04. The molecular formula is C13H14FN3S. The van der Waals surface area contributed by atoms with E-state index >= 15 is 0 Å². The number of anilines is 1. The maximum absolute atomic E-state index is 13.3. The van der Waals surface area contributed by atoms with Crippen molar-refractivity contribution in [1.82, 2.24) is 9.97 Å². The van der Waals surface area contributed by atoms with E-state index in [1.807, 2.05) is 25.1 Å². The number of aromatic nitrogens is 2. The van der Waals surface area contributed by atoms with Gasteiger partial charge in [0.05, 0.1) is 11.4 Å². The third kappa shape index (κ3) is 2.98. The summed E-state index contributed by atoms with van der Waals surface area (Å²) in [5.41, 5.74) is 6.98. The molecular weight excluding hydrogens is 249 g/mol. The molecule has 0 aliphatic rings. The lowest BCUT2D eigenvalue weighted by Gasteiger charge is -2.05. The molecule has 0 bridgehead atoms. The molecule has 0 spiro atoms. The second-order valence-electron chi connectivity index (χ2n) is 4.03. The number of thioether (sulfide) groups is 1. The van der Waals surface area contributed by atoms with Crippen molar-refractivity contribution in [1.29, 1.82) is 0 Å². The second kappa shape index (κ2) is 5.35. The Hall–Kier alpha value is -1.62. The van der Waals surface area contributed by atoms with Gasteiger partial charge in [0.15, 0.2) is 11.6 Å². The van der Waals surface area contributed by atoms with Crippen LogP contribution in [0.3, 0.4) is 0 Å². The number of rotatable bonds is 3. The highest BCUT2D eigenvalue weighted by atomic mass is 32.2. The number of nitrogen functional groups attached to an aromatic ring is 1. The van der Waals surface area contributed by atoms with E-state index in [2.05, 4.69) is 16.0 Å². The fourth-order valence-electron chi connectivity index (χ4n) is 1.56. The molecule has 1 aromatic heterocycles. The Morgan fingerprint density at radius 2 is 2.06 bits per heavy atom. The van der Waals surface area contributed by atoms with Gasteiger partial charge in [0.1, 0.15) is 5.82 Å². The van der Waals surface area contributed by atoms with Crippen molar-refractivity contribution in [3.63, 3.8) is 0 Å². The van der Waals surface area contributed by atoms with Gasteiger partial charge in [-0.15, -0.1) is 11.8 Å². The Labute approximate surface area is 110 Å². The van der Waals surface area contributed by atoms with E-state index < -0.39 is 5.82 Å². The third-order valence-corrected chi connectivity index (χ3v) is 3.44. The highest BCUT2D eigenvalue weighted by Gasteiger charge is 2.08. The summed E-state index contributed by atoms with van der Waals surface area (Å²) in [6.07, 6.45) is 0. The molecule has 0 amide bonds. The lowest BCUT2D eigenvalue weighted by molar-refractivity contribution is 0.604. The minimum Gasteiger partial charge on any atom is -0.381 e. The molecule has 5 heteroatoms. The average molecular weight is 263 g/mol. The molecule has 94 valence electrons. The first-order valence-corrected chi connectivity index (χ1v) is 6.53. The molecule has 2 rings (SSSR count). The van der Waals surface area contributed by atoms with Crippen LogP contribution in [0.15, 0.2) is 29.2 Å². The molecule has 2 aromatic rings. The van der Waals surface area contributed by atoms with Gasteiger partial charge in [-0.25, -0.2) is 14.4 Å². The minimum absolute atomic E-state index is 0.0812. The number of aryl methyl sites for hydroxylation is 2. The quantitative estimate of drug-likeness (QED) is 0.864. The van der Waals surface area contributed by atoms with Gasteiger partial charge in [0.25, 0.3) is 0 Å². The number of halogens is 1. The fourth-order valence-corrected chi connectivity index (χ4v) is 2.43. The van der Waals surface area contributed by atoms with Crippen molar-refractivity contribution in [3.05, 3.63) is 47.2 Å². The topological polar surface area (TPSA) is 51.8 Å². The summed E-state index contributed by atoms with van der Waals surface area (Å²) in [5.74, 6) is 0.522. The van der Waals surface area contributed by atoms with Crippen LogP contribution < -0.4 is 5.73 Å². The normalized spacial score (nSPS) is 10.6. The van der Waals surface area contributed by atoms with Crippen LogP contribution in [0.2, 0.25) is 0 Å². The second-order valence-corrected chi connectivity index (χ2v) is 5.08. The first kappa shape index (κ1) is 12.8. The first-order chi connectivity index (χ1) is 8.56. The predicted octanol–water partition coefficient (Wildman–Crippen LogP) is 3.11. The van der Waals surface area contributed by atoms with Crippen molar-refractivity contribution in [2.24, 2.45) is 0 Å². The largest absolute Gasteiger partial charge is 0.381 e. The van der Waals surface area contributed by atoms with E-state index in [1.165, 1.54) is 5.56 Å². The summed E-state index contributed by atoms with van der Waals surface area (Å²) < 4.78 is 13.3. The van der Waals surface area contributed by atoms with Gasteiger partial charge in [-0.3, -0.25) is 0 Å². The SMILES string of the molecule is Cc1cccc(SCc2nc(C)c(F)c(N)n2)c1. The zero-order chi connectivity index (χ0) is 13.1. The van der Waals surface area contributed by atoms with E-state index in [0.717, 1.165) is 4.90 Å². The van der Waals surface area contributed by atoms with Gasteiger partial charge in [-0.1, -0.05) is 17.7 Å². The Bertz CT molecular complexity index is 549. The van der Waals surface area contributed by atoms with E-state index in [0.29, 0.717) is 17.3 Å². The molecule has 0 aliphatic carbocycles. The zero-order valence-electron chi connectivity index (χ0n) is 10.3. The Kier molecular flexibility index (Phi) is 3.81. The average Bonchev–Trinajstić information content (AvgIpc) is 2.33. The van der Waals surface area contributed by atoms with Gasteiger partial charge in [-0.2, -0.15) is 0 Å². The highest BCUT2D eigenvalue weighted by Crippen LogP contribution is 2.23. The summed E-state index contributed by atoms with van der Waals surface area (Å²) >= 11 is 1.61. The predicted molar refractivity (Wildman–Crippen MR) is 71.9 cm³/mol. The van der Waals surface area contributed by atoms with Crippen molar-refractivity contribution >= 4 is 17.6 Å². The maximum atomic E-state index is 13.3. The number of benzene rings is 1. The van der Waals surface area contributed by atoms with Crippen LogP contribution in [0.5, 0.6) is 0 Å². The van der Waals surface area contributed by atoms with Gasteiger partial charge in [0.2, 0.25) is 0 Å². The van der Waals surface area contributed by atoms with Crippen LogP contribution in [-0.4, -0.2) is 9.97 Å². The van der Waals surface area contributed by atoms with Crippen LogP contribution in [0, 0.1) is 19.7 Å². The molecule has 0 aliphatic heterocycles. The van der Waals surface area contributed by atoms with Crippen molar-refractivity contribution in [2.75, 3.05) is 5.73 Å². The Morgan fingerprint density at radius 3 is 2.72 bits per heavy atom. The summed E-state index contributed by atoms with van der Waals surface area (Å²) in [7, 11) is 0. The molecule has 18 heavy (non-hydrogen) atoms. The van der Waals surface area contributed by atoms with Crippen molar-refractivity contribution in [3.8, 4) is 0 Å². The van der Waals surface area contributed by atoms with Crippen molar-refractivity contribution < 1.29 is 4.39 Å². The molecule has 0 atom stereocenters. The summed E-state index contributed by atoms with van der Waals surface area (Å²) in [6, 6.07) is 8.16. The molecule has 0 fully saturated rings. The number of nitrogens with zero attached hydrogens (tertiary/aromatic N) is 2. The smallest absolute Gasteiger partial charge is 0.186 e. The van der Waals surface area contributed by atoms with Gasteiger partial charge in [-0.05, 0) is 26.0 Å². The van der Waals surface area contributed by atoms with E-state index in [9.17, 15) is 4.39 Å². The number of hydrogen-bond acceptors (Lipinski definition) is 4. The minimum atomic E-state index is -0.528. The summed E-state index contributed by atoms with van der Waals surface area (Å²) in [6.45, 7) is 3.63. The van der Waals surface area contributed by atoms with E-state index in [4.69, 9.17) is 5.73 Å². The highest BCUT2D eigenvalue weighted by molar-refractivity contribution is 7.98. The van der Waals surface area contributed by atoms with Crippen LogP contribution >= 0.6 is 11.8 Å². The van der Waals surface area contributed by atoms with Crippen molar-refractivity contribution in [2.45, 2.75) is 24.5 Å². The lowest BCUT2D eigenvalue weighted by atomic mass is 10.2. The molecule has 0 saturated carbocycles. The molecule has 1 aromatic carbocycles. The molecule has 0 unspecified atom stereocenters.